The van der Waals surface area contributed by atoms with Gasteiger partial charge in [0.1, 0.15) is 0 Å². The Hall–Kier alpha value is -0.430. The topological polar surface area (TPSA) is 26.0 Å². The first-order valence-electron chi connectivity index (χ1n) is 2.91. The summed E-state index contributed by atoms with van der Waals surface area (Å²) in [5, 5.41) is 0.502. The smallest absolute Gasteiger partial charge is 0.0377 e. The van der Waals surface area contributed by atoms with Gasteiger partial charge in [-0.3, -0.25) is 0 Å². The fraction of sp³-hybridized carbons (Fsp3) is 0.429. The zero-order valence-electron chi connectivity index (χ0n) is 6.24. The van der Waals surface area contributed by atoms with Crippen LogP contribution < -0.4 is 5.73 Å². The molecule has 1 nitrogen and oxygen atoms in total. The fourth-order valence-corrected chi connectivity index (χ4v) is 0.153. The Morgan fingerprint density at radius 2 is 1.89 bits per heavy atom. The van der Waals surface area contributed by atoms with E-state index in [0.717, 1.165) is 5.57 Å². The van der Waals surface area contributed by atoms with E-state index >= 15 is 0 Å². The highest BCUT2D eigenvalue weighted by molar-refractivity contribution is 6.31. The van der Waals surface area contributed by atoms with Crippen LogP contribution in [0, 0.1) is 0 Å². The Bertz CT molecular complexity index is 105. The van der Waals surface area contributed by atoms with Gasteiger partial charge in [-0.15, -0.1) is 0 Å². The second kappa shape index (κ2) is 7.57. The molecule has 0 aromatic heterocycles. The molecule has 0 aliphatic rings. The average molecular weight is 148 g/mol. The Morgan fingerprint density at radius 1 is 1.56 bits per heavy atom. The van der Waals surface area contributed by atoms with Crippen molar-refractivity contribution in [1.29, 1.82) is 0 Å². The van der Waals surface area contributed by atoms with Crippen LogP contribution in [0.1, 0.15) is 20.8 Å². The zero-order valence-corrected chi connectivity index (χ0v) is 7.00. The number of hydrogen-bond acceptors (Lipinski definition) is 1. The van der Waals surface area contributed by atoms with Gasteiger partial charge in [-0.2, -0.15) is 0 Å². The predicted molar refractivity (Wildman–Crippen MR) is 44.3 cm³/mol. The summed E-state index contributed by atoms with van der Waals surface area (Å²) in [7, 11) is 0. The SMILES string of the molecule is C=C(Cl)/C(C)=C\N.CC. The first-order valence-corrected chi connectivity index (χ1v) is 3.29. The molecule has 0 rings (SSSR count). The van der Waals surface area contributed by atoms with Crippen LogP contribution in [0.15, 0.2) is 23.4 Å². The van der Waals surface area contributed by atoms with E-state index in [0.29, 0.717) is 5.03 Å². The molecule has 0 aliphatic carbocycles. The summed E-state index contributed by atoms with van der Waals surface area (Å²) in [5.74, 6) is 0. The lowest BCUT2D eigenvalue weighted by Gasteiger charge is -1.89. The van der Waals surface area contributed by atoms with E-state index in [1.165, 1.54) is 6.20 Å². The second-order valence-electron chi connectivity index (χ2n) is 1.25. The molecule has 0 fully saturated rings. The van der Waals surface area contributed by atoms with Gasteiger partial charge in [0.05, 0.1) is 0 Å². The van der Waals surface area contributed by atoms with Crippen LogP contribution in [0.5, 0.6) is 0 Å². The molecule has 0 unspecified atom stereocenters. The highest BCUT2D eigenvalue weighted by Gasteiger charge is 1.85. The van der Waals surface area contributed by atoms with Crippen LogP contribution in [0.3, 0.4) is 0 Å². The van der Waals surface area contributed by atoms with E-state index in [9.17, 15) is 0 Å². The summed E-state index contributed by atoms with van der Waals surface area (Å²) < 4.78 is 0. The van der Waals surface area contributed by atoms with Gasteiger partial charge in [0.25, 0.3) is 0 Å². The molecular formula is C7H14ClN. The largest absolute Gasteiger partial charge is 0.404 e. The maximum absolute atomic E-state index is 5.39. The summed E-state index contributed by atoms with van der Waals surface area (Å²) in [4.78, 5) is 0. The normalized spacial score (nSPS) is 9.56. The van der Waals surface area contributed by atoms with Gasteiger partial charge >= 0.3 is 0 Å². The molecule has 0 spiro atoms. The van der Waals surface area contributed by atoms with Gasteiger partial charge in [-0.25, -0.2) is 0 Å². The molecule has 0 saturated carbocycles. The molecule has 0 bridgehead atoms. The van der Waals surface area contributed by atoms with E-state index in [2.05, 4.69) is 6.58 Å². The molecule has 0 heterocycles. The third kappa shape index (κ3) is 7.57. The monoisotopic (exact) mass is 147 g/mol. The van der Waals surface area contributed by atoms with E-state index in [1.54, 1.807) is 6.92 Å². The van der Waals surface area contributed by atoms with Crippen molar-refractivity contribution in [2.75, 3.05) is 0 Å². The number of nitrogens with two attached hydrogens (primary N) is 1. The summed E-state index contributed by atoms with van der Waals surface area (Å²) in [6.07, 6.45) is 1.43. The van der Waals surface area contributed by atoms with Crippen molar-refractivity contribution < 1.29 is 0 Å². The molecule has 0 atom stereocenters. The molecule has 0 aromatic carbocycles. The highest BCUT2D eigenvalue weighted by atomic mass is 35.5. The van der Waals surface area contributed by atoms with Crippen molar-refractivity contribution >= 4 is 11.6 Å². The van der Waals surface area contributed by atoms with Crippen LogP contribution in [-0.2, 0) is 0 Å². The van der Waals surface area contributed by atoms with E-state index in [-0.39, 0.29) is 0 Å². The number of halogens is 1. The van der Waals surface area contributed by atoms with Gasteiger partial charge in [0, 0.05) is 5.03 Å². The second-order valence-corrected chi connectivity index (χ2v) is 1.71. The molecule has 0 aromatic rings. The first-order chi connectivity index (χ1) is 4.18. The lowest BCUT2D eigenvalue weighted by Crippen LogP contribution is -1.81. The summed E-state index contributed by atoms with van der Waals surface area (Å²) >= 11 is 5.39. The van der Waals surface area contributed by atoms with Gasteiger partial charge in [0.15, 0.2) is 0 Å². The molecule has 0 aliphatic heterocycles. The van der Waals surface area contributed by atoms with E-state index < -0.39 is 0 Å². The van der Waals surface area contributed by atoms with Gasteiger partial charge in [-0.05, 0) is 18.7 Å². The van der Waals surface area contributed by atoms with Crippen LogP contribution in [0.25, 0.3) is 0 Å². The predicted octanol–water partition coefficient (Wildman–Crippen LogP) is 2.63. The van der Waals surface area contributed by atoms with Crippen LogP contribution in [-0.4, -0.2) is 0 Å². The maximum Gasteiger partial charge on any atom is 0.0377 e. The minimum atomic E-state index is 0.502. The Morgan fingerprint density at radius 3 is 1.89 bits per heavy atom. The van der Waals surface area contributed by atoms with Crippen molar-refractivity contribution in [3.05, 3.63) is 23.4 Å². The van der Waals surface area contributed by atoms with Gasteiger partial charge < -0.3 is 5.73 Å². The van der Waals surface area contributed by atoms with Crippen LogP contribution in [0.2, 0.25) is 0 Å². The van der Waals surface area contributed by atoms with E-state index in [4.69, 9.17) is 17.3 Å². The van der Waals surface area contributed by atoms with Gasteiger partial charge in [-0.1, -0.05) is 32.0 Å². The lowest BCUT2D eigenvalue weighted by atomic mass is 10.3. The Labute approximate surface area is 62.2 Å². The molecule has 54 valence electrons. The highest BCUT2D eigenvalue weighted by Crippen LogP contribution is 2.07. The minimum absolute atomic E-state index is 0.502. The minimum Gasteiger partial charge on any atom is -0.404 e. The van der Waals surface area contributed by atoms with Gasteiger partial charge in [0.2, 0.25) is 0 Å². The molecule has 2 heteroatoms. The lowest BCUT2D eigenvalue weighted by molar-refractivity contribution is 1.42. The fourth-order valence-electron chi connectivity index (χ4n) is 0.0904. The van der Waals surface area contributed by atoms with Crippen LogP contribution in [0.4, 0.5) is 0 Å². The van der Waals surface area contributed by atoms with Crippen molar-refractivity contribution in [3.63, 3.8) is 0 Å². The number of allylic oxidation sites excluding steroid dienone is 2. The summed E-state index contributed by atoms with van der Waals surface area (Å²) in [6.45, 7) is 9.24. The third-order valence-corrected chi connectivity index (χ3v) is 0.976. The third-order valence-electron chi connectivity index (χ3n) is 0.678. The Kier molecular flexibility index (Phi) is 9.57. The van der Waals surface area contributed by atoms with E-state index in [1.807, 2.05) is 13.8 Å². The molecular weight excluding hydrogens is 134 g/mol. The molecule has 2 N–H and O–H groups in total. The van der Waals surface area contributed by atoms with Crippen molar-refractivity contribution in [3.8, 4) is 0 Å². The van der Waals surface area contributed by atoms with Crippen molar-refractivity contribution in [2.45, 2.75) is 20.8 Å². The molecule has 9 heavy (non-hydrogen) atoms. The molecule has 0 amide bonds. The van der Waals surface area contributed by atoms with Crippen LogP contribution >= 0.6 is 11.6 Å². The molecule has 0 radical (unpaired) electrons. The Balaban J connectivity index is 0. The number of rotatable bonds is 1. The molecule has 0 saturated heterocycles. The maximum atomic E-state index is 5.39. The van der Waals surface area contributed by atoms with Crippen molar-refractivity contribution in [1.82, 2.24) is 0 Å². The number of hydrogen-bond donors (Lipinski definition) is 1. The average Bonchev–Trinajstić information content (AvgIpc) is 1.91. The zero-order chi connectivity index (χ0) is 7.86. The van der Waals surface area contributed by atoms with Crippen molar-refractivity contribution in [2.24, 2.45) is 5.73 Å². The standard InChI is InChI=1S/C5H8ClN.C2H6/c1-4(3-7)5(2)6;1-2/h3H,2,7H2,1H3;1-2H3/b4-3-;. The first kappa shape index (κ1) is 11.4. The summed E-state index contributed by atoms with van der Waals surface area (Å²) in [6, 6.07) is 0. The summed E-state index contributed by atoms with van der Waals surface area (Å²) in [5.41, 5.74) is 5.89. The quantitative estimate of drug-likeness (QED) is 0.567.